The fourth-order valence-electron chi connectivity index (χ4n) is 0.790. The number of rotatable bonds is 3. The molecule has 0 fully saturated rings. The maximum atomic E-state index is 5.59. The molecule has 0 N–H and O–H groups in total. The summed E-state index contributed by atoms with van der Waals surface area (Å²) in [5, 5.41) is 4.00. The Balaban J connectivity index is 0.000001000. The SMILES string of the molecule is CCCn1ncnc1CCl.Cl. The highest BCUT2D eigenvalue weighted by atomic mass is 35.5. The molecule has 5 heteroatoms. The van der Waals surface area contributed by atoms with Crippen LogP contribution in [0.5, 0.6) is 0 Å². The molecule has 0 radical (unpaired) electrons. The second kappa shape index (κ2) is 5.38. The lowest BCUT2D eigenvalue weighted by Crippen LogP contribution is -2.03. The van der Waals surface area contributed by atoms with E-state index in [0.717, 1.165) is 18.8 Å². The van der Waals surface area contributed by atoms with Crippen LogP contribution in [0.4, 0.5) is 0 Å². The van der Waals surface area contributed by atoms with Crippen molar-refractivity contribution in [1.29, 1.82) is 0 Å². The molecule has 1 aromatic rings. The third kappa shape index (κ3) is 2.67. The molecular formula is C6H11Cl2N3. The van der Waals surface area contributed by atoms with Crippen molar-refractivity contribution in [2.45, 2.75) is 25.8 Å². The van der Waals surface area contributed by atoms with Gasteiger partial charge >= 0.3 is 0 Å². The van der Waals surface area contributed by atoms with Crippen LogP contribution in [0.15, 0.2) is 6.33 Å². The van der Waals surface area contributed by atoms with E-state index in [1.54, 1.807) is 0 Å². The Kier molecular flexibility index (Phi) is 5.24. The molecule has 0 bridgehead atoms. The zero-order valence-electron chi connectivity index (χ0n) is 6.33. The van der Waals surface area contributed by atoms with Gasteiger partial charge in [0.15, 0.2) is 0 Å². The van der Waals surface area contributed by atoms with Crippen LogP contribution < -0.4 is 0 Å². The molecule has 0 atom stereocenters. The Hall–Kier alpha value is -0.280. The average Bonchev–Trinajstić information content (AvgIpc) is 2.36. The van der Waals surface area contributed by atoms with Gasteiger partial charge in [0.2, 0.25) is 0 Å². The lowest BCUT2D eigenvalue weighted by molar-refractivity contribution is 0.581. The van der Waals surface area contributed by atoms with E-state index in [1.807, 2.05) is 4.68 Å². The number of hydrogen-bond acceptors (Lipinski definition) is 2. The van der Waals surface area contributed by atoms with Crippen molar-refractivity contribution in [3.8, 4) is 0 Å². The van der Waals surface area contributed by atoms with E-state index < -0.39 is 0 Å². The van der Waals surface area contributed by atoms with Crippen LogP contribution in [-0.4, -0.2) is 14.8 Å². The zero-order chi connectivity index (χ0) is 7.40. The van der Waals surface area contributed by atoms with E-state index in [2.05, 4.69) is 17.0 Å². The van der Waals surface area contributed by atoms with Crippen molar-refractivity contribution in [3.63, 3.8) is 0 Å². The monoisotopic (exact) mass is 195 g/mol. The van der Waals surface area contributed by atoms with Crippen LogP contribution in [0.3, 0.4) is 0 Å². The highest BCUT2D eigenvalue weighted by molar-refractivity contribution is 6.16. The van der Waals surface area contributed by atoms with Crippen LogP contribution >= 0.6 is 24.0 Å². The van der Waals surface area contributed by atoms with Crippen molar-refractivity contribution in [1.82, 2.24) is 14.8 Å². The van der Waals surface area contributed by atoms with Gasteiger partial charge in [-0.05, 0) is 6.42 Å². The van der Waals surface area contributed by atoms with E-state index in [1.165, 1.54) is 6.33 Å². The first-order chi connectivity index (χ1) is 4.88. The van der Waals surface area contributed by atoms with Crippen LogP contribution in [0.25, 0.3) is 0 Å². The van der Waals surface area contributed by atoms with Gasteiger partial charge in [0.1, 0.15) is 12.2 Å². The molecule has 0 spiro atoms. The minimum Gasteiger partial charge on any atom is -0.249 e. The van der Waals surface area contributed by atoms with Crippen molar-refractivity contribution < 1.29 is 0 Å². The van der Waals surface area contributed by atoms with Gasteiger partial charge in [-0.3, -0.25) is 0 Å². The first-order valence-corrected chi connectivity index (χ1v) is 3.84. The number of halogens is 2. The Morgan fingerprint density at radius 3 is 2.91 bits per heavy atom. The van der Waals surface area contributed by atoms with E-state index in [4.69, 9.17) is 11.6 Å². The van der Waals surface area contributed by atoms with E-state index in [0.29, 0.717) is 5.88 Å². The third-order valence-corrected chi connectivity index (χ3v) is 1.49. The Morgan fingerprint density at radius 2 is 2.36 bits per heavy atom. The highest BCUT2D eigenvalue weighted by Gasteiger charge is 1.98. The minimum atomic E-state index is 0. The predicted octanol–water partition coefficient (Wildman–Crippen LogP) is 1.85. The molecule has 0 saturated carbocycles. The van der Waals surface area contributed by atoms with Crippen LogP contribution in [0.2, 0.25) is 0 Å². The number of nitrogens with zero attached hydrogens (tertiary/aromatic N) is 3. The maximum Gasteiger partial charge on any atom is 0.141 e. The largest absolute Gasteiger partial charge is 0.249 e. The van der Waals surface area contributed by atoms with E-state index in [9.17, 15) is 0 Å². The fraction of sp³-hybridized carbons (Fsp3) is 0.667. The summed E-state index contributed by atoms with van der Waals surface area (Å²) in [5.74, 6) is 1.29. The smallest absolute Gasteiger partial charge is 0.141 e. The average molecular weight is 196 g/mol. The summed E-state index contributed by atoms with van der Waals surface area (Å²) in [5.41, 5.74) is 0. The second-order valence-corrected chi connectivity index (χ2v) is 2.30. The van der Waals surface area contributed by atoms with Crippen molar-refractivity contribution >= 4 is 24.0 Å². The van der Waals surface area contributed by atoms with Crippen LogP contribution in [-0.2, 0) is 12.4 Å². The molecule has 0 aromatic carbocycles. The van der Waals surface area contributed by atoms with Crippen molar-refractivity contribution in [3.05, 3.63) is 12.2 Å². The molecule has 0 amide bonds. The lowest BCUT2D eigenvalue weighted by atomic mass is 10.5. The number of aromatic nitrogens is 3. The molecular weight excluding hydrogens is 185 g/mol. The summed E-state index contributed by atoms with van der Waals surface area (Å²) in [6, 6.07) is 0. The number of alkyl halides is 1. The van der Waals surface area contributed by atoms with Crippen LogP contribution in [0.1, 0.15) is 19.2 Å². The van der Waals surface area contributed by atoms with Gasteiger partial charge in [-0.2, -0.15) is 5.10 Å². The first-order valence-electron chi connectivity index (χ1n) is 3.31. The van der Waals surface area contributed by atoms with Gasteiger partial charge in [0.05, 0.1) is 5.88 Å². The molecule has 0 aliphatic carbocycles. The van der Waals surface area contributed by atoms with Gasteiger partial charge in [-0.25, -0.2) is 9.67 Å². The van der Waals surface area contributed by atoms with Crippen molar-refractivity contribution in [2.24, 2.45) is 0 Å². The van der Waals surface area contributed by atoms with E-state index >= 15 is 0 Å². The summed E-state index contributed by atoms with van der Waals surface area (Å²) in [7, 11) is 0. The molecule has 1 heterocycles. The summed E-state index contributed by atoms with van der Waals surface area (Å²) < 4.78 is 1.83. The van der Waals surface area contributed by atoms with Gasteiger partial charge in [0.25, 0.3) is 0 Å². The van der Waals surface area contributed by atoms with Gasteiger partial charge in [-0.15, -0.1) is 24.0 Å². The first kappa shape index (κ1) is 10.7. The lowest BCUT2D eigenvalue weighted by Gasteiger charge is -1.98. The summed E-state index contributed by atoms with van der Waals surface area (Å²) in [6.45, 7) is 3.00. The van der Waals surface area contributed by atoms with Gasteiger partial charge in [-0.1, -0.05) is 6.92 Å². The Morgan fingerprint density at radius 1 is 1.64 bits per heavy atom. The van der Waals surface area contributed by atoms with E-state index in [-0.39, 0.29) is 12.4 Å². The van der Waals surface area contributed by atoms with Crippen LogP contribution in [0, 0.1) is 0 Å². The normalized spacial score (nSPS) is 9.27. The van der Waals surface area contributed by atoms with Gasteiger partial charge in [0, 0.05) is 6.54 Å². The third-order valence-electron chi connectivity index (χ3n) is 1.25. The highest BCUT2D eigenvalue weighted by Crippen LogP contribution is 1.98. The molecule has 0 unspecified atom stereocenters. The Bertz CT molecular complexity index is 199. The zero-order valence-corrected chi connectivity index (χ0v) is 7.90. The fourth-order valence-corrected chi connectivity index (χ4v) is 0.997. The summed E-state index contributed by atoms with van der Waals surface area (Å²) in [6.07, 6.45) is 2.60. The predicted molar refractivity (Wildman–Crippen MR) is 47.1 cm³/mol. The minimum absolute atomic E-state index is 0. The molecule has 11 heavy (non-hydrogen) atoms. The standard InChI is InChI=1S/C6H10ClN3.ClH/c1-2-3-10-6(4-7)8-5-9-10;/h5H,2-4H2,1H3;1H. The maximum absolute atomic E-state index is 5.59. The van der Waals surface area contributed by atoms with Gasteiger partial charge < -0.3 is 0 Å². The molecule has 3 nitrogen and oxygen atoms in total. The number of hydrogen-bond donors (Lipinski definition) is 0. The molecule has 0 aliphatic rings. The number of aryl methyl sites for hydroxylation is 1. The molecule has 1 rings (SSSR count). The molecule has 0 saturated heterocycles. The molecule has 64 valence electrons. The molecule has 0 aliphatic heterocycles. The second-order valence-electron chi connectivity index (χ2n) is 2.03. The quantitative estimate of drug-likeness (QED) is 0.690. The molecule has 1 aromatic heterocycles. The summed E-state index contributed by atoms with van der Waals surface area (Å²) in [4.78, 5) is 3.97. The topological polar surface area (TPSA) is 30.7 Å². The van der Waals surface area contributed by atoms with Crippen molar-refractivity contribution in [2.75, 3.05) is 0 Å². The Labute approximate surface area is 77.2 Å². The summed E-state index contributed by atoms with van der Waals surface area (Å²) >= 11 is 5.59.